The van der Waals surface area contributed by atoms with Crippen LogP contribution in [0.3, 0.4) is 0 Å². The van der Waals surface area contributed by atoms with Crippen molar-refractivity contribution in [3.05, 3.63) is 23.0 Å². The molecule has 6 heteroatoms. The summed E-state index contributed by atoms with van der Waals surface area (Å²) in [5.74, 6) is 0.120. The predicted octanol–water partition coefficient (Wildman–Crippen LogP) is 2.76. The molecule has 0 fully saturated rings. The Bertz CT molecular complexity index is 313. The van der Waals surface area contributed by atoms with E-state index >= 15 is 0 Å². The first-order chi connectivity index (χ1) is 5.95. The molecule has 0 aliphatic heterocycles. The number of alkyl halides is 3. The van der Waals surface area contributed by atoms with Gasteiger partial charge < -0.3 is 4.74 Å². The number of nitrogens with zero attached hydrogens (tertiary/aromatic N) is 1. The third kappa shape index (κ3) is 2.24. The van der Waals surface area contributed by atoms with Crippen molar-refractivity contribution < 1.29 is 17.9 Å². The number of halogens is 4. The summed E-state index contributed by atoms with van der Waals surface area (Å²) in [7, 11) is 1.30. The largest absolute Gasteiger partial charge is 0.494 e. The summed E-state index contributed by atoms with van der Waals surface area (Å²) >= 11 is 5.40. The molecule has 0 N–H and O–H groups in total. The van der Waals surface area contributed by atoms with Crippen LogP contribution in [0.5, 0.6) is 5.75 Å². The van der Waals surface area contributed by atoms with Gasteiger partial charge in [-0.2, -0.15) is 13.2 Å². The second kappa shape index (κ2) is 3.41. The minimum Gasteiger partial charge on any atom is -0.494 e. The van der Waals surface area contributed by atoms with Gasteiger partial charge in [0.15, 0.2) is 10.9 Å². The van der Waals surface area contributed by atoms with Gasteiger partial charge >= 0.3 is 6.18 Å². The molecule has 0 bridgehead atoms. The van der Waals surface area contributed by atoms with Gasteiger partial charge in [-0.15, -0.1) is 0 Å². The van der Waals surface area contributed by atoms with E-state index in [9.17, 15) is 13.2 Å². The molecule has 0 aromatic carbocycles. The molecule has 1 aromatic rings. The SMILES string of the molecule is COc1ccc(C(F)(F)F)nc1Cl. The number of rotatable bonds is 1. The zero-order valence-electron chi connectivity index (χ0n) is 6.52. The van der Waals surface area contributed by atoms with E-state index in [0.717, 1.165) is 12.1 Å². The number of methoxy groups -OCH3 is 1. The topological polar surface area (TPSA) is 22.1 Å². The highest BCUT2D eigenvalue weighted by Gasteiger charge is 2.32. The lowest BCUT2D eigenvalue weighted by Gasteiger charge is -2.07. The van der Waals surface area contributed by atoms with Crippen LogP contribution in [0, 0.1) is 0 Å². The van der Waals surface area contributed by atoms with Gasteiger partial charge in [0.25, 0.3) is 0 Å². The molecule has 0 radical (unpaired) electrons. The van der Waals surface area contributed by atoms with Crippen LogP contribution in [0.2, 0.25) is 5.15 Å². The molecule has 13 heavy (non-hydrogen) atoms. The fraction of sp³-hybridized carbons (Fsp3) is 0.286. The molecule has 0 aliphatic carbocycles. The minimum atomic E-state index is -4.48. The van der Waals surface area contributed by atoms with Crippen LogP contribution in [0.15, 0.2) is 12.1 Å². The van der Waals surface area contributed by atoms with Crippen molar-refractivity contribution in [3.8, 4) is 5.75 Å². The van der Waals surface area contributed by atoms with E-state index in [-0.39, 0.29) is 10.9 Å². The highest BCUT2D eigenvalue weighted by molar-refractivity contribution is 6.30. The van der Waals surface area contributed by atoms with Gasteiger partial charge in [0.1, 0.15) is 5.69 Å². The Morgan fingerprint density at radius 2 is 2.00 bits per heavy atom. The van der Waals surface area contributed by atoms with E-state index in [1.807, 2.05) is 0 Å². The summed E-state index contributed by atoms with van der Waals surface area (Å²) < 4.78 is 40.8. The summed E-state index contributed by atoms with van der Waals surface area (Å²) in [6.45, 7) is 0. The molecular formula is C7H5ClF3NO. The van der Waals surface area contributed by atoms with Gasteiger partial charge in [-0.25, -0.2) is 4.98 Å². The maximum Gasteiger partial charge on any atom is 0.433 e. The van der Waals surface area contributed by atoms with E-state index in [2.05, 4.69) is 9.72 Å². The quantitative estimate of drug-likeness (QED) is 0.667. The van der Waals surface area contributed by atoms with Crippen molar-refractivity contribution in [2.75, 3.05) is 7.11 Å². The maximum absolute atomic E-state index is 12.0. The Kier molecular flexibility index (Phi) is 2.66. The Balaban J connectivity index is 3.10. The van der Waals surface area contributed by atoms with Crippen molar-refractivity contribution in [2.45, 2.75) is 6.18 Å². The zero-order valence-corrected chi connectivity index (χ0v) is 7.28. The first-order valence-corrected chi connectivity index (χ1v) is 3.60. The first-order valence-electron chi connectivity index (χ1n) is 3.23. The number of pyridine rings is 1. The van der Waals surface area contributed by atoms with Gasteiger partial charge in [-0.1, -0.05) is 11.6 Å². The van der Waals surface area contributed by atoms with Crippen LogP contribution in [0.4, 0.5) is 13.2 Å². The summed E-state index contributed by atoms with van der Waals surface area (Å²) in [5, 5.41) is -0.294. The lowest BCUT2D eigenvalue weighted by Crippen LogP contribution is -2.07. The Morgan fingerprint density at radius 1 is 1.38 bits per heavy atom. The summed E-state index contributed by atoms with van der Waals surface area (Å²) in [5.41, 5.74) is -1.03. The number of hydrogen-bond donors (Lipinski definition) is 0. The van der Waals surface area contributed by atoms with Crippen LogP contribution in [-0.4, -0.2) is 12.1 Å². The Morgan fingerprint density at radius 3 is 2.38 bits per heavy atom. The van der Waals surface area contributed by atoms with E-state index in [1.54, 1.807) is 0 Å². The standard InChI is InChI=1S/C7H5ClF3NO/c1-13-4-2-3-5(7(9,10)11)12-6(4)8/h2-3H,1H3. The third-order valence-electron chi connectivity index (χ3n) is 1.32. The third-order valence-corrected chi connectivity index (χ3v) is 1.60. The molecule has 2 nitrogen and oxygen atoms in total. The smallest absolute Gasteiger partial charge is 0.433 e. The molecular weight excluding hydrogens is 207 g/mol. The van der Waals surface area contributed by atoms with Gasteiger partial charge in [-0.3, -0.25) is 0 Å². The van der Waals surface area contributed by atoms with Gasteiger partial charge in [0.2, 0.25) is 0 Å². The summed E-state index contributed by atoms with van der Waals surface area (Å²) in [4.78, 5) is 3.13. The molecule has 0 aliphatic rings. The van der Waals surface area contributed by atoms with Gasteiger partial charge in [-0.05, 0) is 12.1 Å². The van der Waals surface area contributed by atoms with Crippen LogP contribution in [0.25, 0.3) is 0 Å². The molecule has 1 heterocycles. The monoisotopic (exact) mass is 211 g/mol. The molecule has 0 saturated carbocycles. The second-order valence-corrected chi connectivity index (χ2v) is 2.55. The normalized spacial score (nSPS) is 11.5. The van der Waals surface area contributed by atoms with Crippen LogP contribution >= 0.6 is 11.6 Å². The minimum absolute atomic E-state index is 0.120. The molecule has 1 rings (SSSR count). The van der Waals surface area contributed by atoms with Crippen LogP contribution in [0.1, 0.15) is 5.69 Å². The average molecular weight is 212 g/mol. The Hall–Kier alpha value is -0.970. The maximum atomic E-state index is 12.0. The van der Waals surface area contributed by atoms with Crippen LogP contribution in [-0.2, 0) is 6.18 Å². The molecule has 0 saturated heterocycles. The van der Waals surface area contributed by atoms with Crippen molar-refractivity contribution in [1.29, 1.82) is 0 Å². The van der Waals surface area contributed by atoms with E-state index < -0.39 is 11.9 Å². The van der Waals surface area contributed by atoms with Crippen molar-refractivity contribution >= 4 is 11.6 Å². The lowest BCUT2D eigenvalue weighted by atomic mass is 10.3. The molecule has 0 spiro atoms. The molecule has 0 amide bonds. The summed E-state index contributed by atoms with van der Waals surface area (Å²) in [6.07, 6.45) is -4.48. The lowest BCUT2D eigenvalue weighted by molar-refractivity contribution is -0.141. The molecule has 1 aromatic heterocycles. The van der Waals surface area contributed by atoms with E-state index in [4.69, 9.17) is 11.6 Å². The number of aromatic nitrogens is 1. The van der Waals surface area contributed by atoms with Crippen molar-refractivity contribution in [1.82, 2.24) is 4.98 Å². The fourth-order valence-electron chi connectivity index (χ4n) is 0.732. The summed E-state index contributed by atoms with van der Waals surface area (Å²) in [6, 6.07) is 1.93. The highest BCUT2D eigenvalue weighted by Crippen LogP contribution is 2.31. The first kappa shape index (κ1) is 10.1. The zero-order chi connectivity index (χ0) is 10.1. The molecule has 0 atom stereocenters. The van der Waals surface area contributed by atoms with Crippen molar-refractivity contribution in [3.63, 3.8) is 0 Å². The van der Waals surface area contributed by atoms with Crippen LogP contribution < -0.4 is 4.74 Å². The van der Waals surface area contributed by atoms with E-state index in [1.165, 1.54) is 7.11 Å². The Labute approximate surface area is 77.3 Å². The molecule has 0 unspecified atom stereocenters. The second-order valence-electron chi connectivity index (χ2n) is 2.19. The predicted molar refractivity (Wildman–Crippen MR) is 40.8 cm³/mol. The average Bonchev–Trinajstić information content (AvgIpc) is 2.02. The number of hydrogen-bond acceptors (Lipinski definition) is 2. The van der Waals surface area contributed by atoms with Gasteiger partial charge in [0, 0.05) is 0 Å². The fourth-order valence-corrected chi connectivity index (χ4v) is 0.963. The van der Waals surface area contributed by atoms with Crippen molar-refractivity contribution in [2.24, 2.45) is 0 Å². The molecule has 72 valence electrons. The van der Waals surface area contributed by atoms with Gasteiger partial charge in [0.05, 0.1) is 7.11 Å². The highest BCUT2D eigenvalue weighted by atomic mass is 35.5. The van der Waals surface area contributed by atoms with E-state index in [0.29, 0.717) is 0 Å². The number of ether oxygens (including phenoxy) is 1.